The first kappa shape index (κ1) is 23.2. The number of carbonyl (C=O) groups excluding carboxylic acids is 1. The lowest BCUT2D eigenvalue weighted by atomic mass is 10.00. The lowest BCUT2D eigenvalue weighted by molar-refractivity contribution is -0.137. The molecule has 0 aliphatic rings. The molecule has 1 amide bonds. The molecule has 4 aromatic rings. The van der Waals surface area contributed by atoms with Crippen LogP contribution in [0, 0.1) is 6.92 Å². The molecule has 6 nitrogen and oxygen atoms in total. The first-order valence-electron chi connectivity index (χ1n) is 10.4. The van der Waals surface area contributed by atoms with Gasteiger partial charge >= 0.3 is 6.18 Å². The molecular weight excluding hydrogens is 445 g/mol. The van der Waals surface area contributed by atoms with E-state index in [4.69, 9.17) is 0 Å². The highest BCUT2D eigenvalue weighted by molar-refractivity contribution is 5.95. The van der Waals surface area contributed by atoms with E-state index in [2.05, 4.69) is 9.97 Å². The van der Waals surface area contributed by atoms with Gasteiger partial charge in [-0.15, -0.1) is 0 Å². The van der Waals surface area contributed by atoms with Gasteiger partial charge < -0.3 is 9.47 Å². The van der Waals surface area contributed by atoms with E-state index in [0.29, 0.717) is 39.1 Å². The summed E-state index contributed by atoms with van der Waals surface area (Å²) in [5.41, 5.74) is 1.59. The summed E-state index contributed by atoms with van der Waals surface area (Å²) >= 11 is 0. The van der Waals surface area contributed by atoms with Crippen LogP contribution in [0.25, 0.3) is 33.3 Å². The highest BCUT2D eigenvalue weighted by Gasteiger charge is 2.30. The summed E-state index contributed by atoms with van der Waals surface area (Å²) in [6.45, 7) is 1.58. The zero-order chi connectivity index (χ0) is 24.6. The Morgan fingerprint density at radius 3 is 2.41 bits per heavy atom. The Bertz CT molecular complexity index is 1460. The van der Waals surface area contributed by atoms with Crippen molar-refractivity contribution in [1.82, 2.24) is 19.4 Å². The maximum atomic E-state index is 13.3. The number of carbonyl (C=O) groups is 1. The Balaban J connectivity index is 1.85. The van der Waals surface area contributed by atoms with Crippen molar-refractivity contribution in [3.8, 4) is 22.4 Å². The maximum absolute atomic E-state index is 13.3. The first-order chi connectivity index (χ1) is 16.0. The van der Waals surface area contributed by atoms with E-state index >= 15 is 0 Å². The normalized spacial score (nSPS) is 11.6. The van der Waals surface area contributed by atoms with E-state index < -0.39 is 11.7 Å². The highest BCUT2D eigenvalue weighted by atomic mass is 19.4. The van der Waals surface area contributed by atoms with Crippen LogP contribution in [0.1, 0.15) is 11.4 Å². The molecule has 0 fully saturated rings. The molecule has 0 spiro atoms. The van der Waals surface area contributed by atoms with Crippen LogP contribution in [-0.4, -0.2) is 39.4 Å². The number of alkyl halides is 3. The fourth-order valence-corrected chi connectivity index (χ4v) is 3.60. The Morgan fingerprint density at radius 1 is 0.971 bits per heavy atom. The predicted octanol–water partition coefficient (Wildman–Crippen LogP) is 4.54. The number of aromatic nitrogens is 3. The Labute approximate surface area is 193 Å². The quantitative estimate of drug-likeness (QED) is 0.443. The number of hydrogen-bond donors (Lipinski definition) is 0. The molecule has 0 N–H and O–H groups in total. The van der Waals surface area contributed by atoms with Gasteiger partial charge in [0.1, 0.15) is 12.4 Å². The molecule has 4 rings (SSSR count). The molecule has 0 atom stereocenters. The van der Waals surface area contributed by atoms with Crippen LogP contribution in [0.15, 0.2) is 65.6 Å². The van der Waals surface area contributed by atoms with Gasteiger partial charge in [0, 0.05) is 37.3 Å². The van der Waals surface area contributed by atoms with Crippen LogP contribution in [0.2, 0.25) is 0 Å². The minimum Gasteiger partial charge on any atom is -0.347 e. The van der Waals surface area contributed by atoms with E-state index in [1.807, 2.05) is 6.07 Å². The summed E-state index contributed by atoms with van der Waals surface area (Å²) < 4.78 is 41.2. The van der Waals surface area contributed by atoms with E-state index in [1.54, 1.807) is 51.5 Å². The molecule has 0 aliphatic carbocycles. The Hall–Kier alpha value is -4.01. The molecule has 2 aromatic carbocycles. The molecule has 0 radical (unpaired) electrons. The Kier molecular flexibility index (Phi) is 5.95. The van der Waals surface area contributed by atoms with Crippen LogP contribution in [-0.2, 0) is 17.5 Å². The Morgan fingerprint density at radius 2 is 1.71 bits per heavy atom. The minimum atomic E-state index is -4.48. The number of fused-ring (bicyclic) bond motifs is 1. The number of likely N-dealkylation sites (N-methyl/N-ethyl adjacent to an activating group) is 1. The predicted molar refractivity (Wildman–Crippen MR) is 123 cm³/mol. The van der Waals surface area contributed by atoms with Crippen molar-refractivity contribution in [3.05, 3.63) is 82.5 Å². The summed E-state index contributed by atoms with van der Waals surface area (Å²) in [5, 5.41) is 0.574. The third-order valence-corrected chi connectivity index (χ3v) is 5.39. The molecule has 0 aliphatic heterocycles. The summed E-state index contributed by atoms with van der Waals surface area (Å²) in [6.07, 6.45) is -2.89. The molecule has 0 bridgehead atoms. The van der Waals surface area contributed by atoms with Crippen LogP contribution >= 0.6 is 0 Å². The molecule has 0 saturated carbocycles. The molecule has 34 heavy (non-hydrogen) atoms. The van der Waals surface area contributed by atoms with E-state index in [-0.39, 0.29) is 18.0 Å². The van der Waals surface area contributed by atoms with Crippen LogP contribution in [0.4, 0.5) is 13.2 Å². The average molecular weight is 466 g/mol. The van der Waals surface area contributed by atoms with Crippen LogP contribution in [0.3, 0.4) is 0 Å². The molecule has 9 heteroatoms. The van der Waals surface area contributed by atoms with Gasteiger partial charge in [-0.2, -0.15) is 13.2 Å². The molecule has 0 unspecified atom stereocenters. The van der Waals surface area contributed by atoms with Crippen LogP contribution in [0.5, 0.6) is 0 Å². The number of hydrogen-bond acceptors (Lipinski definition) is 4. The van der Waals surface area contributed by atoms with Gasteiger partial charge in [-0.3, -0.25) is 9.59 Å². The smallest absolute Gasteiger partial charge is 0.347 e. The highest BCUT2D eigenvalue weighted by Crippen LogP contribution is 2.34. The molecule has 174 valence electrons. The second-order valence-corrected chi connectivity index (χ2v) is 8.10. The number of halogens is 3. The monoisotopic (exact) mass is 466 g/mol. The molecule has 2 aromatic heterocycles. The van der Waals surface area contributed by atoms with Gasteiger partial charge in [-0.25, -0.2) is 9.97 Å². The van der Waals surface area contributed by atoms with Crippen molar-refractivity contribution in [2.45, 2.75) is 19.6 Å². The largest absolute Gasteiger partial charge is 0.416 e. The third-order valence-electron chi connectivity index (χ3n) is 5.39. The SMILES string of the molecule is Cc1nc(-c2cccc(C(F)(F)F)c2)c2cc(-c3ccc(=O)n(CC(=O)N(C)C)c3)ccc2n1. The number of pyridine rings is 1. The number of rotatable bonds is 4. The van der Waals surface area contributed by atoms with Crippen molar-refractivity contribution in [1.29, 1.82) is 0 Å². The second-order valence-electron chi connectivity index (χ2n) is 8.10. The zero-order valence-electron chi connectivity index (χ0n) is 18.7. The van der Waals surface area contributed by atoms with Gasteiger partial charge in [-0.1, -0.05) is 18.2 Å². The minimum absolute atomic E-state index is 0.106. The average Bonchev–Trinajstić information content (AvgIpc) is 2.79. The van der Waals surface area contributed by atoms with Gasteiger partial charge in [0.2, 0.25) is 5.91 Å². The van der Waals surface area contributed by atoms with Gasteiger partial charge in [0.25, 0.3) is 5.56 Å². The number of amides is 1. The van der Waals surface area contributed by atoms with Crippen molar-refractivity contribution in [3.63, 3.8) is 0 Å². The zero-order valence-corrected chi connectivity index (χ0v) is 18.7. The number of nitrogens with zero attached hydrogens (tertiary/aromatic N) is 4. The van der Waals surface area contributed by atoms with Crippen molar-refractivity contribution >= 4 is 16.8 Å². The molecular formula is C25H21F3N4O2. The van der Waals surface area contributed by atoms with Crippen LogP contribution < -0.4 is 5.56 Å². The van der Waals surface area contributed by atoms with Gasteiger partial charge in [-0.05, 0) is 48.4 Å². The van der Waals surface area contributed by atoms with E-state index in [0.717, 1.165) is 12.1 Å². The summed E-state index contributed by atoms with van der Waals surface area (Å²) in [4.78, 5) is 34.6. The van der Waals surface area contributed by atoms with Gasteiger partial charge in [0.15, 0.2) is 0 Å². The summed E-state index contributed by atoms with van der Waals surface area (Å²) in [7, 11) is 3.22. The summed E-state index contributed by atoms with van der Waals surface area (Å²) in [5.74, 6) is 0.205. The van der Waals surface area contributed by atoms with E-state index in [1.165, 1.54) is 21.6 Å². The van der Waals surface area contributed by atoms with Crippen molar-refractivity contribution < 1.29 is 18.0 Å². The molecule has 0 saturated heterocycles. The topological polar surface area (TPSA) is 68.1 Å². The summed E-state index contributed by atoms with van der Waals surface area (Å²) in [6, 6.07) is 13.4. The van der Waals surface area contributed by atoms with Gasteiger partial charge in [0.05, 0.1) is 16.8 Å². The number of benzene rings is 2. The van der Waals surface area contributed by atoms with E-state index in [9.17, 15) is 22.8 Å². The lowest BCUT2D eigenvalue weighted by Crippen LogP contribution is -2.31. The second kappa shape index (κ2) is 8.74. The fraction of sp³-hybridized carbons (Fsp3) is 0.200. The first-order valence-corrected chi connectivity index (χ1v) is 10.4. The van der Waals surface area contributed by atoms with Crippen molar-refractivity contribution in [2.24, 2.45) is 0 Å². The maximum Gasteiger partial charge on any atom is 0.416 e. The van der Waals surface area contributed by atoms with Crippen molar-refractivity contribution in [2.75, 3.05) is 14.1 Å². The third kappa shape index (κ3) is 4.68. The standard InChI is InChI=1S/C25H21F3N4O2/c1-15-29-21-9-7-16(18-8-10-22(33)32(13-18)14-23(34)31(2)3)12-20(21)24(30-15)17-5-4-6-19(11-17)25(26,27)28/h4-13H,14H2,1-3H3. The lowest BCUT2D eigenvalue weighted by Gasteiger charge is -2.14. The number of aryl methyl sites for hydroxylation is 1. The fourth-order valence-electron chi connectivity index (χ4n) is 3.60. The molecule has 2 heterocycles.